The van der Waals surface area contributed by atoms with Crippen LogP contribution in [-0.2, 0) is 13.6 Å². The third-order valence-electron chi connectivity index (χ3n) is 3.24. The van der Waals surface area contributed by atoms with Gasteiger partial charge in [0.25, 0.3) is 0 Å². The standard InChI is InChI=1S/C12H20N2/c1-12(2,11-4-5-11)13-8-10-6-7-14(3)9-10/h6-7,9,11,13H,4-5,8H2,1-3H3. The van der Waals surface area contributed by atoms with Crippen molar-refractivity contribution in [1.29, 1.82) is 0 Å². The summed E-state index contributed by atoms with van der Waals surface area (Å²) in [4.78, 5) is 0. The Hall–Kier alpha value is -0.760. The SMILES string of the molecule is Cn1ccc(CNC(C)(C)C2CC2)c1. The summed E-state index contributed by atoms with van der Waals surface area (Å²) in [6.45, 7) is 5.62. The molecule has 14 heavy (non-hydrogen) atoms. The highest BCUT2D eigenvalue weighted by Gasteiger charge is 2.36. The molecule has 1 aromatic rings. The van der Waals surface area contributed by atoms with Crippen LogP contribution >= 0.6 is 0 Å². The summed E-state index contributed by atoms with van der Waals surface area (Å²) in [5, 5.41) is 3.64. The second kappa shape index (κ2) is 3.43. The molecule has 2 heteroatoms. The molecule has 0 aliphatic heterocycles. The van der Waals surface area contributed by atoms with Crippen LogP contribution < -0.4 is 5.32 Å². The summed E-state index contributed by atoms with van der Waals surface area (Å²) in [5.41, 5.74) is 1.69. The summed E-state index contributed by atoms with van der Waals surface area (Å²) in [6, 6.07) is 2.18. The Morgan fingerprint density at radius 2 is 2.21 bits per heavy atom. The van der Waals surface area contributed by atoms with E-state index in [9.17, 15) is 0 Å². The van der Waals surface area contributed by atoms with Crippen LogP contribution in [-0.4, -0.2) is 10.1 Å². The smallest absolute Gasteiger partial charge is 0.0225 e. The number of aromatic nitrogens is 1. The van der Waals surface area contributed by atoms with Crippen molar-refractivity contribution < 1.29 is 0 Å². The van der Waals surface area contributed by atoms with Crippen molar-refractivity contribution in [2.45, 2.75) is 38.8 Å². The van der Waals surface area contributed by atoms with Crippen LogP contribution in [0.3, 0.4) is 0 Å². The van der Waals surface area contributed by atoms with Gasteiger partial charge in [0.1, 0.15) is 0 Å². The fourth-order valence-corrected chi connectivity index (χ4v) is 1.94. The number of nitrogens with one attached hydrogen (secondary N) is 1. The molecule has 0 radical (unpaired) electrons. The van der Waals surface area contributed by atoms with Crippen LogP contribution in [0.2, 0.25) is 0 Å². The average Bonchev–Trinajstić information content (AvgIpc) is 2.89. The lowest BCUT2D eigenvalue weighted by Crippen LogP contribution is -2.40. The molecule has 0 unspecified atom stereocenters. The second-order valence-electron chi connectivity index (χ2n) is 5.03. The van der Waals surface area contributed by atoms with Gasteiger partial charge in [-0.2, -0.15) is 0 Å². The Morgan fingerprint density at radius 3 is 2.71 bits per heavy atom. The van der Waals surface area contributed by atoms with Gasteiger partial charge in [0.2, 0.25) is 0 Å². The Labute approximate surface area is 86.3 Å². The zero-order valence-corrected chi connectivity index (χ0v) is 9.38. The van der Waals surface area contributed by atoms with Gasteiger partial charge < -0.3 is 9.88 Å². The van der Waals surface area contributed by atoms with Gasteiger partial charge in [-0.25, -0.2) is 0 Å². The van der Waals surface area contributed by atoms with E-state index in [1.807, 2.05) is 0 Å². The summed E-state index contributed by atoms with van der Waals surface area (Å²) in [7, 11) is 2.07. The largest absolute Gasteiger partial charge is 0.357 e. The van der Waals surface area contributed by atoms with Crippen LogP contribution in [0.4, 0.5) is 0 Å². The minimum atomic E-state index is 0.315. The van der Waals surface area contributed by atoms with Crippen LogP contribution in [0, 0.1) is 5.92 Å². The van der Waals surface area contributed by atoms with Crippen molar-refractivity contribution in [3.8, 4) is 0 Å². The van der Waals surface area contributed by atoms with E-state index < -0.39 is 0 Å². The first-order valence-electron chi connectivity index (χ1n) is 5.44. The van der Waals surface area contributed by atoms with Gasteiger partial charge in [0.15, 0.2) is 0 Å². The number of nitrogens with zero attached hydrogens (tertiary/aromatic N) is 1. The van der Waals surface area contributed by atoms with Gasteiger partial charge in [-0.15, -0.1) is 0 Å². The zero-order chi connectivity index (χ0) is 10.2. The van der Waals surface area contributed by atoms with Crippen molar-refractivity contribution in [2.75, 3.05) is 0 Å². The topological polar surface area (TPSA) is 17.0 Å². The molecule has 2 nitrogen and oxygen atoms in total. The monoisotopic (exact) mass is 192 g/mol. The summed E-state index contributed by atoms with van der Waals surface area (Å²) >= 11 is 0. The molecule has 0 aromatic carbocycles. The van der Waals surface area contributed by atoms with E-state index in [0.717, 1.165) is 12.5 Å². The molecule has 0 atom stereocenters. The molecular formula is C12H20N2. The van der Waals surface area contributed by atoms with Gasteiger partial charge in [-0.3, -0.25) is 0 Å². The van der Waals surface area contributed by atoms with Gasteiger partial charge in [-0.05, 0) is 44.2 Å². The van der Waals surface area contributed by atoms with E-state index in [2.05, 4.69) is 49.2 Å². The lowest BCUT2D eigenvalue weighted by molar-refractivity contribution is 0.339. The van der Waals surface area contributed by atoms with Crippen LogP contribution in [0.1, 0.15) is 32.3 Å². The lowest BCUT2D eigenvalue weighted by atomic mass is 9.98. The fraction of sp³-hybridized carbons (Fsp3) is 0.667. The minimum absolute atomic E-state index is 0.315. The summed E-state index contributed by atoms with van der Waals surface area (Å²) in [5.74, 6) is 0.895. The molecule has 1 aliphatic carbocycles. The third-order valence-corrected chi connectivity index (χ3v) is 3.24. The number of aryl methyl sites for hydroxylation is 1. The Kier molecular flexibility index (Phi) is 2.40. The highest BCUT2D eigenvalue weighted by atomic mass is 15.0. The molecule has 0 spiro atoms. The fourth-order valence-electron chi connectivity index (χ4n) is 1.94. The first-order valence-corrected chi connectivity index (χ1v) is 5.44. The minimum Gasteiger partial charge on any atom is -0.357 e. The van der Waals surface area contributed by atoms with Gasteiger partial charge in [0, 0.05) is 31.5 Å². The van der Waals surface area contributed by atoms with E-state index >= 15 is 0 Å². The number of hydrogen-bond donors (Lipinski definition) is 1. The molecule has 78 valence electrons. The summed E-state index contributed by atoms with van der Waals surface area (Å²) < 4.78 is 2.10. The van der Waals surface area contributed by atoms with E-state index in [0.29, 0.717) is 5.54 Å². The maximum absolute atomic E-state index is 3.64. The molecule has 1 fully saturated rings. The quantitative estimate of drug-likeness (QED) is 0.774. The third kappa shape index (κ3) is 2.18. The molecule has 0 saturated heterocycles. The van der Waals surface area contributed by atoms with Crippen LogP contribution in [0.25, 0.3) is 0 Å². The molecule has 1 heterocycles. The Bertz CT molecular complexity index is 308. The van der Waals surface area contributed by atoms with Gasteiger partial charge in [-0.1, -0.05) is 0 Å². The molecule has 1 aliphatic rings. The van der Waals surface area contributed by atoms with E-state index in [1.165, 1.54) is 18.4 Å². The van der Waals surface area contributed by atoms with E-state index in [-0.39, 0.29) is 0 Å². The molecule has 0 amide bonds. The Morgan fingerprint density at radius 1 is 1.50 bits per heavy atom. The molecule has 0 bridgehead atoms. The maximum atomic E-state index is 3.64. The lowest BCUT2D eigenvalue weighted by Gasteiger charge is -2.26. The van der Waals surface area contributed by atoms with Crippen LogP contribution in [0.15, 0.2) is 18.5 Å². The number of hydrogen-bond acceptors (Lipinski definition) is 1. The maximum Gasteiger partial charge on any atom is 0.0225 e. The van der Waals surface area contributed by atoms with Crippen molar-refractivity contribution in [3.05, 3.63) is 24.0 Å². The van der Waals surface area contributed by atoms with Crippen molar-refractivity contribution in [2.24, 2.45) is 13.0 Å². The molecule has 2 rings (SSSR count). The average molecular weight is 192 g/mol. The molecule has 1 aromatic heterocycles. The van der Waals surface area contributed by atoms with Gasteiger partial charge >= 0.3 is 0 Å². The predicted octanol–water partition coefficient (Wildman–Crippen LogP) is 2.30. The first kappa shape index (κ1) is 9.78. The highest BCUT2D eigenvalue weighted by Crippen LogP contribution is 2.39. The van der Waals surface area contributed by atoms with E-state index in [4.69, 9.17) is 0 Å². The van der Waals surface area contributed by atoms with Crippen molar-refractivity contribution >= 4 is 0 Å². The molecule has 1 saturated carbocycles. The second-order valence-corrected chi connectivity index (χ2v) is 5.03. The van der Waals surface area contributed by atoms with Gasteiger partial charge in [0.05, 0.1) is 0 Å². The number of rotatable bonds is 4. The van der Waals surface area contributed by atoms with Crippen molar-refractivity contribution in [3.63, 3.8) is 0 Å². The van der Waals surface area contributed by atoms with E-state index in [1.54, 1.807) is 0 Å². The molecular weight excluding hydrogens is 172 g/mol. The van der Waals surface area contributed by atoms with Crippen LogP contribution in [0.5, 0.6) is 0 Å². The molecule has 1 N–H and O–H groups in total. The first-order chi connectivity index (χ1) is 6.58. The Balaban J connectivity index is 1.87. The summed E-state index contributed by atoms with van der Waals surface area (Å²) in [6.07, 6.45) is 7.07. The highest BCUT2D eigenvalue weighted by molar-refractivity contribution is 5.10. The van der Waals surface area contributed by atoms with Crippen molar-refractivity contribution in [1.82, 2.24) is 9.88 Å². The normalized spacial score (nSPS) is 17.4. The zero-order valence-electron chi connectivity index (χ0n) is 9.38. The predicted molar refractivity (Wildman–Crippen MR) is 59.1 cm³/mol.